The number of hydrogen-bond donors (Lipinski definition) is 2. The average molecular weight is 216 g/mol. The normalized spacial score (nSPS) is 17.8. The van der Waals surface area contributed by atoms with Crippen LogP contribution in [0.4, 0.5) is 0 Å². The Bertz CT molecular complexity index is 324. The molecule has 2 rings (SSSR count). The highest BCUT2D eigenvalue weighted by Crippen LogP contribution is 2.11. The molecule has 0 bridgehead atoms. The molecular formula is C14H20N2. The molecule has 1 aliphatic carbocycles. The number of rotatable bonds is 5. The first-order valence-corrected chi connectivity index (χ1v) is 6.03. The quantitative estimate of drug-likeness (QED) is 0.737. The molecule has 1 atom stereocenters. The standard InChI is InChI=1S/C14H20N2/c15-11-14(16-13-8-4-5-9-13)10-12-6-2-1-3-7-12/h1-7,13-14,16H,8-11,15H2. The molecule has 1 aromatic carbocycles. The van der Waals surface area contributed by atoms with Gasteiger partial charge >= 0.3 is 0 Å². The lowest BCUT2D eigenvalue weighted by Gasteiger charge is -2.21. The van der Waals surface area contributed by atoms with Gasteiger partial charge in [0.2, 0.25) is 0 Å². The third kappa shape index (κ3) is 3.19. The summed E-state index contributed by atoms with van der Waals surface area (Å²) < 4.78 is 0. The van der Waals surface area contributed by atoms with Crippen LogP contribution in [-0.2, 0) is 6.42 Å². The van der Waals surface area contributed by atoms with E-state index in [2.05, 4.69) is 47.8 Å². The van der Waals surface area contributed by atoms with Crippen LogP contribution in [0.1, 0.15) is 18.4 Å². The lowest BCUT2D eigenvalue weighted by atomic mass is 10.0. The van der Waals surface area contributed by atoms with Crippen molar-refractivity contribution in [2.24, 2.45) is 5.73 Å². The molecule has 16 heavy (non-hydrogen) atoms. The van der Waals surface area contributed by atoms with Gasteiger partial charge in [-0.05, 0) is 24.8 Å². The summed E-state index contributed by atoms with van der Waals surface area (Å²) in [5.41, 5.74) is 7.17. The van der Waals surface area contributed by atoms with Gasteiger partial charge in [-0.2, -0.15) is 0 Å². The van der Waals surface area contributed by atoms with Gasteiger partial charge in [-0.3, -0.25) is 0 Å². The molecule has 86 valence electrons. The summed E-state index contributed by atoms with van der Waals surface area (Å²) in [4.78, 5) is 0. The van der Waals surface area contributed by atoms with E-state index >= 15 is 0 Å². The topological polar surface area (TPSA) is 38.0 Å². The minimum atomic E-state index is 0.396. The van der Waals surface area contributed by atoms with Crippen molar-refractivity contribution in [3.05, 3.63) is 48.0 Å². The molecule has 2 nitrogen and oxygen atoms in total. The van der Waals surface area contributed by atoms with Gasteiger partial charge in [-0.25, -0.2) is 0 Å². The smallest absolute Gasteiger partial charge is 0.0233 e. The first-order valence-electron chi connectivity index (χ1n) is 6.03. The van der Waals surface area contributed by atoms with Gasteiger partial charge in [0, 0.05) is 18.6 Å². The molecule has 0 radical (unpaired) electrons. The van der Waals surface area contributed by atoms with E-state index < -0.39 is 0 Å². The van der Waals surface area contributed by atoms with Crippen molar-refractivity contribution in [2.45, 2.75) is 31.3 Å². The Morgan fingerprint density at radius 2 is 1.88 bits per heavy atom. The van der Waals surface area contributed by atoms with E-state index in [9.17, 15) is 0 Å². The molecule has 0 spiro atoms. The highest BCUT2D eigenvalue weighted by Gasteiger charge is 2.15. The number of benzene rings is 1. The van der Waals surface area contributed by atoms with E-state index in [1.54, 1.807) is 0 Å². The third-order valence-corrected chi connectivity index (χ3v) is 3.09. The van der Waals surface area contributed by atoms with Crippen molar-refractivity contribution < 1.29 is 0 Å². The van der Waals surface area contributed by atoms with Crippen molar-refractivity contribution >= 4 is 0 Å². The largest absolute Gasteiger partial charge is 0.329 e. The lowest BCUT2D eigenvalue weighted by molar-refractivity contribution is 0.439. The van der Waals surface area contributed by atoms with Crippen molar-refractivity contribution in [3.8, 4) is 0 Å². The lowest BCUT2D eigenvalue weighted by Crippen LogP contribution is -2.43. The van der Waals surface area contributed by atoms with Gasteiger partial charge in [-0.1, -0.05) is 42.5 Å². The highest BCUT2D eigenvalue weighted by atomic mass is 15.0. The minimum absolute atomic E-state index is 0.396. The molecule has 1 unspecified atom stereocenters. The first-order chi connectivity index (χ1) is 7.88. The summed E-state index contributed by atoms with van der Waals surface area (Å²) in [5.74, 6) is 0. The fraction of sp³-hybridized carbons (Fsp3) is 0.429. The van der Waals surface area contributed by atoms with E-state index in [1.807, 2.05) is 0 Å². The fourth-order valence-corrected chi connectivity index (χ4v) is 2.20. The zero-order valence-corrected chi connectivity index (χ0v) is 9.60. The van der Waals surface area contributed by atoms with Crippen LogP contribution in [0.15, 0.2) is 42.5 Å². The van der Waals surface area contributed by atoms with E-state index in [4.69, 9.17) is 5.73 Å². The van der Waals surface area contributed by atoms with Crippen molar-refractivity contribution in [1.82, 2.24) is 5.32 Å². The predicted octanol–water partition coefficient (Wildman–Crippen LogP) is 1.86. The summed E-state index contributed by atoms with van der Waals surface area (Å²) in [7, 11) is 0. The molecular weight excluding hydrogens is 196 g/mol. The monoisotopic (exact) mass is 216 g/mol. The molecule has 1 aromatic rings. The third-order valence-electron chi connectivity index (χ3n) is 3.09. The minimum Gasteiger partial charge on any atom is -0.329 e. The Hall–Kier alpha value is -1.12. The number of nitrogens with two attached hydrogens (primary N) is 1. The van der Waals surface area contributed by atoms with Gasteiger partial charge < -0.3 is 11.1 Å². The highest BCUT2D eigenvalue weighted by molar-refractivity contribution is 5.16. The summed E-state index contributed by atoms with van der Waals surface area (Å²) in [6.45, 7) is 0.700. The molecule has 0 saturated heterocycles. The van der Waals surface area contributed by atoms with Crippen molar-refractivity contribution in [2.75, 3.05) is 6.54 Å². The van der Waals surface area contributed by atoms with Crippen LogP contribution in [0, 0.1) is 0 Å². The van der Waals surface area contributed by atoms with Gasteiger partial charge in [0.05, 0.1) is 0 Å². The van der Waals surface area contributed by atoms with Gasteiger partial charge in [0.15, 0.2) is 0 Å². The Kier molecular flexibility index (Phi) is 4.14. The van der Waals surface area contributed by atoms with Crippen LogP contribution in [0.3, 0.4) is 0 Å². The molecule has 3 N–H and O–H groups in total. The van der Waals surface area contributed by atoms with E-state index in [0.29, 0.717) is 18.6 Å². The van der Waals surface area contributed by atoms with Crippen LogP contribution >= 0.6 is 0 Å². The molecule has 0 saturated carbocycles. The number of hydrogen-bond acceptors (Lipinski definition) is 2. The van der Waals surface area contributed by atoms with Gasteiger partial charge in [0.1, 0.15) is 0 Å². The fourth-order valence-electron chi connectivity index (χ4n) is 2.20. The predicted molar refractivity (Wildman–Crippen MR) is 68.3 cm³/mol. The zero-order chi connectivity index (χ0) is 11.2. The maximum atomic E-state index is 5.82. The molecule has 1 aliphatic rings. The molecule has 2 heteroatoms. The zero-order valence-electron chi connectivity index (χ0n) is 9.60. The van der Waals surface area contributed by atoms with Crippen LogP contribution in [0.2, 0.25) is 0 Å². The van der Waals surface area contributed by atoms with Crippen LogP contribution in [0.5, 0.6) is 0 Å². The van der Waals surface area contributed by atoms with Crippen LogP contribution in [0.25, 0.3) is 0 Å². The summed E-state index contributed by atoms with van der Waals surface area (Å²) in [6.07, 6.45) is 7.80. The van der Waals surface area contributed by atoms with Crippen molar-refractivity contribution in [1.29, 1.82) is 0 Å². The Balaban J connectivity index is 1.85. The van der Waals surface area contributed by atoms with Gasteiger partial charge in [-0.15, -0.1) is 0 Å². The van der Waals surface area contributed by atoms with Crippen molar-refractivity contribution in [3.63, 3.8) is 0 Å². The average Bonchev–Trinajstić information content (AvgIpc) is 2.82. The second-order valence-electron chi connectivity index (χ2n) is 4.43. The molecule has 0 aromatic heterocycles. The summed E-state index contributed by atoms with van der Waals surface area (Å²) in [5, 5.41) is 3.63. The molecule has 0 aliphatic heterocycles. The Morgan fingerprint density at radius 3 is 2.50 bits per heavy atom. The molecule has 0 heterocycles. The van der Waals surface area contributed by atoms with E-state index in [1.165, 1.54) is 5.56 Å². The summed E-state index contributed by atoms with van der Waals surface area (Å²) >= 11 is 0. The van der Waals surface area contributed by atoms with Crippen LogP contribution in [-0.4, -0.2) is 18.6 Å². The second-order valence-corrected chi connectivity index (χ2v) is 4.43. The number of nitrogens with one attached hydrogen (secondary N) is 1. The second kappa shape index (κ2) is 5.83. The van der Waals surface area contributed by atoms with Crippen LogP contribution < -0.4 is 11.1 Å². The maximum absolute atomic E-state index is 5.82. The van der Waals surface area contributed by atoms with E-state index in [0.717, 1.165) is 19.3 Å². The maximum Gasteiger partial charge on any atom is 0.0233 e. The first kappa shape index (κ1) is 11.4. The van der Waals surface area contributed by atoms with E-state index in [-0.39, 0.29) is 0 Å². The Morgan fingerprint density at radius 1 is 1.19 bits per heavy atom. The molecule has 0 amide bonds. The SMILES string of the molecule is NCC(Cc1ccccc1)NC1CC=CC1. The molecule has 0 fully saturated rings. The Labute approximate surface area is 97.5 Å². The summed E-state index contributed by atoms with van der Waals surface area (Å²) in [6, 6.07) is 11.5. The van der Waals surface area contributed by atoms with Gasteiger partial charge in [0.25, 0.3) is 0 Å².